The van der Waals surface area contributed by atoms with E-state index >= 15 is 0 Å². The van der Waals surface area contributed by atoms with Gasteiger partial charge in [-0.25, -0.2) is 14.5 Å². The van der Waals surface area contributed by atoms with Crippen LogP contribution in [0.4, 0.5) is 5.82 Å². The molecule has 0 aliphatic carbocycles. The molecule has 5 heterocycles. The van der Waals surface area contributed by atoms with Gasteiger partial charge in [0.05, 0.1) is 34.9 Å². The molecule has 1 unspecified atom stereocenters. The molecular weight excluding hydrogens is 583 g/mol. The lowest BCUT2D eigenvalue weighted by molar-refractivity contribution is -0.142. The molecule has 13 heteroatoms. The molecule has 6 rings (SSSR count). The molecule has 1 fully saturated rings. The first-order valence-electron chi connectivity index (χ1n) is 13.7. The molecule has 3 aliphatic heterocycles. The summed E-state index contributed by atoms with van der Waals surface area (Å²) >= 11 is 12.2. The number of benzene rings is 1. The van der Waals surface area contributed by atoms with E-state index in [0.717, 1.165) is 6.42 Å². The predicted molar refractivity (Wildman–Crippen MR) is 154 cm³/mol. The molecular formula is C29H28Cl2N6O5. The van der Waals surface area contributed by atoms with Crippen LogP contribution in [0.2, 0.25) is 10.0 Å². The zero-order valence-corrected chi connectivity index (χ0v) is 24.5. The highest BCUT2D eigenvalue weighted by Crippen LogP contribution is 2.36. The predicted octanol–water partition coefficient (Wildman–Crippen LogP) is 4.14. The Morgan fingerprint density at radius 3 is 2.55 bits per heavy atom. The van der Waals surface area contributed by atoms with Gasteiger partial charge in [-0.15, -0.1) is 0 Å². The number of hydrogen-bond acceptors (Lipinski definition) is 6. The number of pyridine rings is 1. The Balaban J connectivity index is 1.31. The third-order valence-electron chi connectivity index (χ3n) is 8.35. The first-order chi connectivity index (χ1) is 20.0. The summed E-state index contributed by atoms with van der Waals surface area (Å²) in [6.07, 6.45) is 3.25. The number of rotatable bonds is 5. The van der Waals surface area contributed by atoms with Gasteiger partial charge in [0.25, 0.3) is 11.8 Å². The number of carbonyl (C=O) groups is 4. The molecule has 0 radical (unpaired) electrons. The van der Waals surface area contributed by atoms with Crippen LogP contribution in [-0.4, -0.2) is 72.5 Å². The Morgan fingerprint density at radius 2 is 1.90 bits per heavy atom. The van der Waals surface area contributed by atoms with Crippen molar-refractivity contribution in [1.29, 1.82) is 0 Å². The normalized spacial score (nSPS) is 20.9. The number of carboxylic acids is 1. The van der Waals surface area contributed by atoms with Gasteiger partial charge < -0.3 is 14.9 Å². The number of carboxylic acid groups (broad SMARTS) is 1. The van der Waals surface area contributed by atoms with Crippen molar-refractivity contribution in [2.75, 3.05) is 18.0 Å². The van der Waals surface area contributed by atoms with Crippen LogP contribution in [0.15, 0.2) is 36.5 Å². The molecule has 3 amide bonds. The van der Waals surface area contributed by atoms with Gasteiger partial charge >= 0.3 is 5.97 Å². The molecule has 42 heavy (non-hydrogen) atoms. The molecule has 0 spiro atoms. The number of amides is 3. The minimum atomic E-state index is -1.11. The lowest BCUT2D eigenvalue weighted by Crippen LogP contribution is -2.47. The number of fused-ring (bicyclic) bond motifs is 3. The maximum atomic E-state index is 14.0. The minimum absolute atomic E-state index is 0.0258. The van der Waals surface area contributed by atoms with Gasteiger partial charge in [0, 0.05) is 42.8 Å². The van der Waals surface area contributed by atoms with E-state index in [1.807, 2.05) is 19.9 Å². The van der Waals surface area contributed by atoms with E-state index in [2.05, 4.69) is 10.1 Å². The monoisotopic (exact) mass is 610 g/mol. The van der Waals surface area contributed by atoms with Crippen molar-refractivity contribution in [3.05, 3.63) is 74.7 Å². The average Bonchev–Trinajstić information content (AvgIpc) is 3.56. The summed E-state index contributed by atoms with van der Waals surface area (Å²) in [5.41, 5.74) is 2.37. The van der Waals surface area contributed by atoms with Crippen molar-refractivity contribution < 1.29 is 24.3 Å². The van der Waals surface area contributed by atoms with Crippen LogP contribution >= 0.6 is 23.2 Å². The average molecular weight is 611 g/mol. The minimum Gasteiger partial charge on any atom is -0.480 e. The second-order valence-electron chi connectivity index (χ2n) is 10.9. The zero-order valence-electron chi connectivity index (χ0n) is 23.0. The highest BCUT2D eigenvalue weighted by atomic mass is 35.5. The van der Waals surface area contributed by atoms with Crippen LogP contribution in [0.5, 0.6) is 0 Å². The highest BCUT2D eigenvalue weighted by molar-refractivity contribution is 6.42. The Labute approximate surface area is 251 Å². The maximum absolute atomic E-state index is 14.0. The van der Waals surface area contributed by atoms with Gasteiger partial charge in [0.15, 0.2) is 6.04 Å². The molecule has 0 saturated carbocycles. The van der Waals surface area contributed by atoms with Gasteiger partial charge in [-0.1, -0.05) is 29.3 Å². The van der Waals surface area contributed by atoms with Crippen LogP contribution in [0, 0.1) is 0 Å². The topological polar surface area (TPSA) is 129 Å². The van der Waals surface area contributed by atoms with E-state index in [4.69, 9.17) is 23.2 Å². The third-order valence-corrected chi connectivity index (χ3v) is 9.09. The van der Waals surface area contributed by atoms with Crippen molar-refractivity contribution in [2.45, 2.75) is 57.8 Å². The molecule has 3 aromatic rings. The fourth-order valence-corrected chi connectivity index (χ4v) is 6.25. The summed E-state index contributed by atoms with van der Waals surface area (Å²) in [5.74, 6) is -1.19. The first-order valence-corrected chi connectivity index (χ1v) is 14.5. The number of aliphatic carboxylic acids is 1. The highest BCUT2D eigenvalue weighted by Gasteiger charge is 2.44. The molecule has 3 atom stereocenters. The van der Waals surface area contributed by atoms with Crippen LogP contribution < -0.4 is 4.90 Å². The van der Waals surface area contributed by atoms with Crippen LogP contribution in [-0.2, 0) is 22.6 Å². The molecule has 1 N–H and O–H groups in total. The summed E-state index contributed by atoms with van der Waals surface area (Å²) in [5, 5.41) is 15.3. The second kappa shape index (κ2) is 10.7. The van der Waals surface area contributed by atoms with E-state index in [-0.39, 0.29) is 47.6 Å². The molecule has 1 saturated heterocycles. The molecule has 0 bridgehead atoms. The Bertz CT molecular complexity index is 1620. The van der Waals surface area contributed by atoms with Crippen LogP contribution in [0.3, 0.4) is 0 Å². The molecule has 3 aliphatic rings. The number of carbonyl (C=O) groups excluding carboxylic acids is 3. The molecule has 1 aromatic carbocycles. The first kappa shape index (κ1) is 28.2. The van der Waals surface area contributed by atoms with E-state index in [9.17, 15) is 24.3 Å². The summed E-state index contributed by atoms with van der Waals surface area (Å²) in [7, 11) is 0. The number of halogens is 2. The SMILES string of the molecule is CC(c1ccc(N2CCCC2=O)nc1)N1C[C@@H](C(=O)O)n2nc3c(c2C1=O)CN(C(=O)c1ccc(Cl)c(Cl)c1)[C@H](C)C3. The van der Waals surface area contributed by atoms with Crippen molar-refractivity contribution in [3.8, 4) is 0 Å². The smallest absolute Gasteiger partial charge is 0.330 e. The van der Waals surface area contributed by atoms with Crippen molar-refractivity contribution >= 4 is 52.7 Å². The van der Waals surface area contributed by atoms with Gasteiger partial charge in [0.2, 0.25) is 5.91 Å². The number of aromatic nitrogens is 3. The summed E-state index contributed by atoms with van der Waals surface area (Å²) in [4.78, 5) is 61.3. The summed E-state index contributed by atoms with van der Waals surface area (Å²) in [6, 6.07) is 6.36. The van der Waals surface area contributed by atoms with Gasteiger partial charge in [-0.05, 0) is 50.1 Å². The largest absolute Gasteiger partial charge is 0.480 e. The van der Waals surface area contributed by atoms with Gasteiger partial charge in [-0.2, -0.15) is 5.10 Å². The van der Waals surface area contributed by atoms with Crippen molar-refractivity contribution in [3.63, 3.8) is 0 Å². The van der Waals surface area contributed by atoms with Crippen LogP contribution in [0.1, 0.15) is 76.4 Å². The van der Waals surface area contributed by atoms with Gasteiger partial charge in [0.1, 0.15) is 11.5 Å². The number of nitrogens with zero attached hydrogens (tertiary/aromatic N) is 6. The standard InChI is InChI=1S/C29H28Cl2N6O5/c1-15-10-22-19(13-35(15)27(39)17-5-7-20(30)21(31)11-17)26-28(40)36(14-23(29(41)42)37(26)33-22)16(2)18-6-8-24(32-12-18)34-9-3-4-25(34)38/h5-8,11-12,15-16,23H,3-4,9-10,13-14H2,1-2H3,(H,41,42)/t15-,16?,23+/m1/s1. The third kappa shape index (κ3) is 4.70. The number of hydrogen-bond donors (Lipinski definition) is 1. The molecule has 11 nitrogen and oxygen atoms in total. The van der Waals surface area contributed by atoms with Crippen molar-refractivity contribution in [2.24, 2.45) is 0 Å². The summed E-state index contributed by atoms with van der Waals surface area (Å²) in [6.45, 7) is 4.31. The maximum Gasteiger partial charge on any atom is 0.330 e. The van der Waals surface area contributed by atoms with E-state index < -0.39 is 18.1 Å². The summed E-state index contributed by atoms with van der Waals surface area (Å²) < 4.78 is 1.30. The second-order valence-corrected chi connectivity index (χ2v) is 11.7. The number of anilines is 1. The van der Waals surface area contributed by atoms with E-state index in [1.54, 1.807) is 34.2 Å². The molecule has 218 valence electrons. The molecule has 2 aromatic heterocycles. The zero-order chi connectivity index (χ0) is 29.9. The Kier molecular flexibility index (Phi) is 7.18. The van der Waals surface area contributed by atoms with E-state index in [0.29, 0.717) is 52.6 Å². The quantitative estimate of drug-likeness (QED) is 0.459. The fourth-order valence-electron chi connectivity index (χ4n) is 5.96. The van der Waals surface area contributed by atoms with Crippen molar-refractivity contribution in [1.82, 2.24) is 24.6 Å². The van der Waals surface area contributed by atoms with E-state index in [1.165, 1.54) is 15.6 Å². The van der Waals surface area contributed by atoms with Crippen LogP contribution in [0.25, 0.3) is 0 Å². The Hall–Kier alpha value is -3.96. The Morgan fingerprint density at radius 1 is 1.12 bits per heavy atom. The van der Waals surface area contributed by atoms with Gasteiger partial charge in [-0.3, -0.25) is 19.3 Å². The fraction of sp³-hybridized carbons (Fsp3) is 0.379. The lowest BCUT2D eigenvalue weighted by atomic mass is 9.96. The lowest BCUT2D eigenvalue weighted by Gasteiger charge is -2.37.